The third kappa shape index (κ3) is 1.27. The van der Waals surface area contributed by atoms with Gasteiger partial charge in [-0.1, -0.05) is 51.8 Å². The topological polar surface area (TPSA) is 17.1 Å². The van der Waals surface area contributed by atoms with Crippen LogP contribution < -0.4 is 0 Å². The molecule has 0 aromatic heterocycles. The molecule has 0 bridgehead atoms. The van der Waals surface area contributed by atoms with Crippen LogP contribution in [0, 0.1) is 0 Å². The van der Waals surface area contributed by atoms with Crippen LogP contribution in [-0.4, -0.2) is 5.78 Å². The van der Waals surface area contributed by atoms with Crippen LogP contribution in [0.1, 0.15) is 15.9 Å². The standard InChI is InChI=1S/C13H6BrClO/c14-11-6-7(15)5-10-12(11)8-3-1-2-4-9(8)13(10)16/h1-6H. The molecule has 3 rings (SSSR count). The van der Waals surface area contributed by atoms with Crippen molar-refractivity contribution in [3.63, 3.8) is 0 Å². The summed E-state index contributed by atoms with van der Waals surface area (Å²) in [5.41, 5.74) is 3.36. The minimum Gasteiger partial charge on any atom is -0.289 e. The molecule has 0 saturated heterocycles. The molecule has 1 aliphatic rings. The molecule has 1 aliphatic carbocycles. The van der Waals surface area contributed by atoms with Gasteiger partial charge < -0.3 is 0 Å². The Bertz CT molecular complexity index is 619. The fourth-order valence-electron chi connectivity index (χ4n) is 2.07. The highest BCUT2D eigenvalue weighted by atomic mass is 79.9. The zero-order valence-corrected chi connectivity index (χ0v) is 10.5. The molecule has 0 aliphatic heterocycles. The lowest BCUT2D eigenvalue weighted by molar-refractivity contribution is 0.104. The van der Waals surface area contributed by atoms with Gasteiger partial charge in [0.1, 0.15) is 0 Å². The van der Waals surface area contributed by atoms with Gasteiger partial charge in [-0.05, 0) is 17.7 Å². The van der Waals surface area contributed by atoms with E-state index in [-0.39, 0.29) is 5.78 Å². The Morgan fingerprint density at radius 2 is 1.69 bits per heavy atom. The Hall–Kier alpha value is -1.12. The van der Waals surface area contributed by atoms with Crippen molar-refractivity contribution >= 4 is 33.3 Å². The summed E-state index contributed by atoms with van der Waals surface area (Å²) >= 11 is 9.41. The minimum absolute atomic E-state index is 0.0498. The first kappa shape index (κ1) is 10.1. The van der Waals surface area contributed by atoms with Crippen molar-refractivity contribution in [2.75, 3.05) is 0 Å². The molecule has 0 unspecified atom stereocenters. The maximum atomic E-state index is 12.1. The summed E-state index contributed by atoms with van der Waals surface area (Å²) in [6.45, 7) is 0. The molecule has 0 saturated carbocycles. The highest BCUT2D eigenvalue weighted by Gasteiger charge is 2.28. The third-order valence-electron chi connectivity index (χ3n) is 2.74. The van der Waals surface area contributed by atoms with Crippen molar-refractivity contribution in [3.05, 3.63) is 57.0 Å². The molecule has 0 atom stereocenters. The summed E-state index contributed by atoms with van der Waals surface area (Å²) in [6.07, 6.45) is 0. The molecule has 0 radical (unpaired) electrons. The SMILES string of the molecule is O=C1c2ccccc2-c2c(Br)cc(Cl)cc21. The number of carbonyl (C=O) groups is 1. The number of fused-ring (bicyclic) bond motifs is 3. The summed E-state index contributed by atoms with van der Waals surface area (Å²) < 4.78 is 0.869. The molecule has 16 heavy (non-hydrogen) atoms. The van der Waals surface area contributed by atoms with Gasteiger partial charge in [0.05, 0.1) is 0 Å². The molecule has 78 valence electrons. The number of hydrogen-bond donors (Lipinski definition) is 0. The number of rotatable bonds is 0. The predicted molar refractivity (Wildman–Crippen MR) is 68.0 cm³/mol. The molecule has 2 aromatic carbocycles. The van der Waals surface area contributed by atoms with E-state index in [4.69, 9.17) is 11.6 Å². The van der Waals surface area contributed by atoms with Crippen molar-refractivity contribution in [2.45, 2.75) is 0 Å². The molecule has 1 nitrogen and oxygen atoms in total. The van der Waals surface area contributed by atoms with Gasteiger partial charge in [0.25, 0.3) is 0 Å². The van der Waals surface area contributed by atoms with Gasteiger partial charge in [-0.2, -0.15) is 0 Å². The molecular weight excluding hydrogens is 287 g/mol. The smallest absolute Gasteiger partial charge is 0.194 e. The second kappa shape index (κ2) is 3.44. The first-order valence-corrected chi connectivity index (χ1v) is 5.99. The quantitative estimate of drug-likeness (QED) is 0.603. The van der Waals surface area contributed by atoms with Crippen LogP contribution in [-0.2, 0) is 0 Å². The van der Waals surface area contributed by atoms with Crippen molar-refractivity contribution in [1.29, 1.82) is 0 Å². The van der Waals surface area contributed by atoms with E-state index in [2.05, 4.69) is 15.9 Å². The van der Waals surface area contributed by atoms with E-state index in [0.717, 1.165) is 21.2 Å². The predicted octanol–water partition coefficient (Wildman–Crippen LogP) is 4.31. The zero-order chi connectivity index (χ0) is 11.3. The van der Waals surface area contributed by atoms with Crippen LogP contribution in [0.4, 0.5) is 0 Å². The maximum Gasteiger partial charge on any atom is 0.194 e. The lowest BCUT2D eigenvalue weighted by atomic mass is 10.1. The van der Waals surface area contributed by atoms with Gasteiger partial charge in [-0.3, -0.25) is 4.79 Å². The Labute approximate surface area is 106 Å². The van der Waals surface area contributed by atoms with Gasteiger partial charge in [-0.15, -0.1) is 0 Å². The van der Waals surface area contributed by atoms with E-state index in [9.17, 15) is 4.79 Å². The zero-order valence-electron chi connectivity index (χ0n) is 8.13. The monoisotopic (exact) mass is 292 g/mol. The fourth-order valence-corrected chi connectivity index (χ4v) is 3.09. The number of benzene rings is 2. The van der Waals surface area contributed by atoms with Gasteiger partial charge in [0, 0.05) is 26.2 Å². The summed E-state index contributed by atoms with van der Waals surface area (Å²) in [7, 11) is 0. The van der Waals surface area contributed by atoms with Crippen molar-refractivity contribution in [1.82, 2.24) is 0 Å². The van der Waals surface area contributed by atoms with E-state index in [0.29, 0.717) is 10.6 Å². The van der Waals surface area contributed by atoms with E-state index in [1.165, 1.54) is 0 Å². The highest BCUT2D eigenvalue weighted by Crippen LogP contribution is 2.42. The average Bonchev–Trinajstić information content (AvgIpc) is 2.54. The first-order chi connectivity index (χ1) is 7.68. The van der Waals surface area contributed by atoms with Crippen LogP contribution >= 0.6 is 27.5 Å². The van der Waals surface area contributed by atoms with Crippen LogP contribution in [0.25, 0.3) is 11.1 Å². The molecule has 3 heteroatoms. The van der Waals surface area contributed by atoms with Crippen LogP contribution in [0.5, 0.6) is 0 Å². The molecular formula is C13H6BrClO. The van der Waals surface area contributed by atoms with E-state index in [1.807, 2.05) is 30.3 Å². The fraction of sp³-hybridized carbons (Fsp3) is 0. The molecule has 0 N–H and O–H groups in total. The number of ketones is 1. The van der Waals surface area contributed by atoms with Crippen LogP contribution in [0.15, 0.2) is 40.9 Å². The number of halogens is 2. The summed E-state index contributed by atoms with van der Waals surface area (Å²) in [4.78, 5) is 12.1. The number of hydrogen-bond acceptors (Lipinski definition) is 1. The largest absolute Gasteiger partial charge is 0.289 e. The average molecular weight is 294 g/mol. The summed E-state index contributed by atoms with van der Waals surface area (Å²) in [5, 5.41) is 0.576. The van der Waals surface area contributed by atoms with E-state index < -0.39 is 0 Å². The molecule has 2 aromatic rings. The van der Waals surface area contributed by atoms with E-state index >= 15 is 0 Å². The normalized spacial score (nSPS) is 12.5. The number of carbonyl (C=O) groups excluding carboxylic acids is 1. The Morgan fingerprint density at radius 3 is 2.44 bits per heavy atom. The second-order valence-corrected chi connectivity index (χ2v) is 4.98. The molecule has 0 fully saturated rings. The lowest BCUT2D eigenvalue weighted by Crippen LogP contribution is -1.94. The van der Waals surface area contributed by atoms with Crippen molar-refractivity contribution < 1.29 is 4.79 Å². The van der Waals surface area contributed by atoms with Gasteiger partial charge in [0.2, 0.25) is 0 Å². The summed E-state index contributed by atoms with van der Waals surface area (Å²) in [5.74, 6) is 0.0498. The first-order valence-electron chi connectivity index (χ1n) is 4.81. The van der Waals surface area contributed by atoms with Crippen molar-refractivity contribution in [2.24, 2.45) is 0 Å². The lowest BCUT2D eigenvalue weighted by Gasteiger charge is -2.03. The highest BCUT2D eigenvalue weighted by molar-refractivity contribution is 9.10. The Morgan fingerprint density at radius 1 is 1.00 bits per heavy atom. The Balaban J connectivity index is 2.43. The Kier molecular flexibility index (Phi) is 2.16. The van der Waals surface area contributed by atoms with Gasteiger partial charge >= 0.3 is 0 Å². The van der Waals surface area contributed by atoms with Gasteiger partial charge in [-0.25, -0.2) is 0 Å². The minimum atomic E-state index is 0.0498. The molecule has 0 spiro atoms. The van der Waals surface area contributed by atoms with E-state index in [1.54, 1.807) is 6.07 Å². The maximum absolute atomic E-state index is 12.1. The van der Waals surface area contributed by atoms with Gasteiger partial charge in [0.15, 0.2) is 5.78 Å². The van der Waals surface area contributed by atoms with Crippen molar-refractivity contribution in [3.8, 4) is 11.1 Å². The second-order valence-electron chi connectivity index (χ2n) is 3.68. The van der Waals surface area contributed by atoms with Crippen LogP contribution in [0.2, 0.25) is 5.02 Å². The molecule has 0 heterocycles. The van der Waals surface area contributed by atoms with Crippen LogP contribution in [0.3, 0.4) is 0 Å². The summed E-state index contributed by atoms with van der Waals surface area (Å²) in [6, 6.07) is 11.1. The molecule has 0 amide bonds. The third-order valence-corrected chi connectivity index (χ3v) is 3.58.